The SMILES string of the molecule is c1ccc(-n2c3cc(-c4ccc5c6c(cccc46)-c4ccccc4-5)ccc3c3ccc(-c4ccc5ccc6cccc7ccc4c5c67)cc32)cc1. The number of para-hydroxylation sites is 1. The summed E-state index contributed by atoms with van der Waals surface area (Å²) in [5.41, 5.74) is 13.9. The van der Waals surface area contributed by atoms with E-state index in [9.17, 15) is 0 Å². The van der Waals surface area contributed by atoms with Crippen LogP contribution in [0.4, 0.5) is 0 Å². The fraction of sp³-hybridized carbons (Fsp3) is 0. The average Bonchev–Trinajstić information content (AvgIpc) is 3.70. The lowest BCUT2D eigenvalue weighted by atomic mass is 9.89. The third kappa shape index (κ3) is 3.65. The van der Waals surface area contributed by atoms with E-state index < -0.39 is 0 Å². The highest BCUT2D eigenvalue weighted by molar-refractivity contribution is 6.26. The fourth-order valence-corrected chi connectivity index (χ4v) is 9.26. The Morgan fingerprint density at radius 2 is 0.765 bits per heavy atom. The van der Waals surface area contributed by atoms with Crippen molar-refractivity contribution in [2.75, 3.05) is 0 Å². The third-order valence-electron chi connectivity index (χ3n) is 11.5. The van der Waals surface area contributed by atoms with Crippen molar-refractivity contribution in [3.63, 3.8) is 0 Å². The molecule has 1 aromatic heterocycles. The Balaban J connectivity index is 1.10. The van der Waals surface area contributed by atoms with E-state index in [4.69, 9.17) is 0 Å². The molecule has 0 N–H and O–H groups in total. The molecule has 1 heteroatoms. The van der Waals surface area contributed by atoms with Crippen LogP contribution in [0.15, 0.2) is 176 Å². The van der Waals surface area contributed by atoms with Crippen molar-refractivity contribution in [1.82, 2.24) is 4.57 Å². The van der Waals surface area contributed by atoms with E-state index in [-0.39, 0.29) is 0 Å². The summed E-state index contributed by atoms with van der Waals surface area (Å²) < 4.78 is 2.46. The number of hydrogen-bond donors (Lipinski definition) is 0. The number of aromatic nitrogens is 1. The Kier molecular flexibility index (Phi) is 5.29. The predicted molar refractivity (Wildman–Crippen MR) is 217 cm³/mol. The molecule has 0 spiro atoms. The van der Waals surface area contributed by atoms with Crippen molar-refractivity contribution in [2.45, 2.75) is 0 Å². The Labute approximate surface area is 294 Å². The zero-order valence-electron chi connectivity index (χ0n) is 27.7. The van der Waals surface area contributed by atoms with E-state index in [1.807, 2.05) is 0 Å². The van der Waals surface area contributed by atoms with Crippen molar-refractivity contribution in [2.24, 2.45) is 0 Å². The van der Waals surface area contributed by atoms with Crippen LogP contribution in [0.3, 0.4) is 0 Å². The van der Waals surface area contributed by atoms with Gasteiger partial charge >= 0.3 is 0 Å². The molecule has 0 radical (unpaired) electrons. The van der Waals surface area contributed by atoms with Gasteiger partial charge in [-0.05, 0) is 112 Å². The highest BCUT2D eigenvalue weighted by atomic mass is 15.0. The standard InChI is InChI=1S/C50H29N/c1-2-10-35(11-3-1)51-46-28-33(36-22-18-32-17-16-30-8-6-9-31-19-25-44(36)49(32)48(30)31)20-23-40(46)41-24-21-34(29-47(41)51)37-26-27-45-39-13-5-4-12-38(39)43-15-7-14-42(37)50(43)45/h1-29H. The normalized spacial score (nSPS) is 12.3. The summed E-state index contributed by atoms with van der Waals surface area (Å²) in [5.74, 6) is 0. The second-order valence-corrected chi connectivity index (χ2v) is 14.0. The number of fused-ring (bicyclic) bond motifs is 6. The van der Waals surface area contributed by atoms with Gasteiger partial charge in [-0.2, -0.15) is 0 Å². The van der Waals surface area contributed by atoms with Gasteiger partial charge in [0, 0.05) is 16.5 Å². The van der Waals surface area contributed by atoms with Crippen LogP contribution in [0.25, 0.3) is 115 Å². The van der Waals surface area contributed by atoms with Crippen LogP contribution in [0.5, 0.6) is 0 Å². The highest BCUT2D eigenvalue weighted by Gasteiger charge is 2.23. The quantitative estimate of drug-likeness (QED) is 0.169. The molecular weight excluding hydrogens is 615 g/mol. The number of rotatable bonds is 3. The zero-order valence-corrected chi connectivity index (χ0v) is 27.7. The van der Waals surface area contributed by atoms with E-state index in [1.54, 1.807) is 0 Å². The minimum absolute atomic E-state index is 1.16. The van der Waals surface area contributed by atoms with Gasteiger partial charge < -0.3 is 4.57 Å². The van der Waals surface area contributed by atoms with Gasteiger partial charge in [-0.3, -0.25) is 0 Å². The Morgan fingerprint density at radius 1 is 0.275 bits per heavy atom. The van der Waals surface area contributed by atoms with E-state index in [1.165, 1.54) is 109 Å². The van der Waals surface area contributed by atoms with Gasteiger partial charge in [-0.25, -0.2) is 0 Å². The minimum Gasteiger partial charge on any atom is -0.309 e. The first-order valence-corrected chi connectivity index (χ1v) is 17.8. The number of hydrogen-bond acceptors (Lipinski definition) is 0. The molecule has 0 fully saturated rings. The third-order valence-corrected chi connectivity index (χ3v) is 11.5. The van der Waals surface area contributed by atoms with Crippen molar-refractivity contribution >= 4 is 64.9 Å². The Hall–Kier alpha value is -6.70. The first-order chi connectivity index (χ1) is 25.3. The molecule has 0 saturated carbocycles. The van der Waals surface area contributed by atoms with Crippen LogP contribution in [0.2, 0.25) is 0 Å². The smallest absolute Gasteiger partial charge is 0.0547 e. The first kappa shape index (κ1) is 27.2. The maximum Gasteiger partial charge on any atom is 0.0547 e. The highest BCUT2D eigenvalue weighted by Crippen LogP contribution is 2.50. The van der Waals surface area contributed by atoms with Gasteiger partial charge in [-0.15, -0.1) is 0 Å². The first-order valence-electron chi connectivity index (χ1n) is 17.8. The molecule has 51 heavy (non-hydrogen) atoms. The lowest BCUT2D eigenvalue weighted by Crippen LogP contribution is -1.94. The van der Waals surface area contributed by atoms with Crippen molar-refractivity contribution in [3.8, 4) is 50.2 Å². The van der Waals surface area contributed by atoms with Gasteiger partial charge in [-0.1, -0.05) is 152 Å². The van der Waals surface area contributed by atoms with Crippen LogP contribution in [0, 0.1) is 0 Å². The Morgan fingerprint density at radius 3 is 1.47 bits per heavy atom. The molecule has 1 aliphatic carbocycles. The molecule has 0 saturated heterocycles. The second kappa shape index (κ2) is 9.94. The molecule has 0 bridgehead atoms. The zero-order chi connectivity index (χ0) is 33.2. The van der Waals surface area contributed by atoms with Crippen LogP contribution in [-0.4, -0.2) is 4.57 Å². The van der Waals surface area contributed by atoms with Gasteiger partial charge in [0.25, 0.3) is 0 Å². The molecule has 1 heterocycles. The van der Waals surface area contributed by atoms with Crippen molar-refractivity contribution < 1.29 is 0 Å². The predicted octanol–water partition coefficient (Wildman–Crippen LogP) is 13.8. The van der Waals surface area contributed by atoms with Gasteiger partial charge in [0.1, 0.15) is 0 Å². The molecule has 0 atom stereocenters. The molecule has 0 aliphatic heterocycles. The average molecular weight is 644 g/mol. The lowest BCUT2D eigenvalue weighted by Gasteiger charge is -2.15. The Bertz CT molecular complexity index is 3190. The summed E-state index contributed by atoms with van der Waals surface area (Å²) in [7, 11) is 0. The monoisotopic (exact) mass is 643 g/mol. The van der Waals surface area contributed by atoms with E-state index in [0.29, 0.717) is 0 Å². The summed E-state index contributed by atoms with van der Waals surface area (Å²) in [6, 6.07) is 65.6. The molecule has 0 amide bonds. The second-order valence-electron chi connectivity index (χ2n) is 14.0. The van der Waals surface area contributed by atoms with Crippen molar-refractivity contribution in [3.05, 3.63) is 176 Å². The van der Waals surface area contributed by atoms with Crippen LogP contribution >= 0.6 is 0 Å². The molecular formula is C50H29N. The largest absolute Gasteiger partial charge is 0.309 e. The fourth-order valence-electron chi connectivity index (χ4n) is 9.26. The van der Waals surface area contributed by atoms with Crippen LogP contribution in [-0.2, 0) is 0 Å². The minimum atomic E-state index is 1.16. The molecule has 11 aromatic rings. The van der Waals surface area contributed by atoms with Crippen LogP contribution < -0.4 is 0 Å². The maximum atomic E-state index is 2.46. The molecule has 1 aliphatic rings. The molecule has 0 unspecified atom stereocenters. The number of benzene rings is 10. The molecule has 1 nitrogen and oxygen atoms in total. The topological polar surface area (TPSA) is 4.93 Å². The van der Waals surface area contributed by atoms with Crippen molar-refractivity contribution in [1.29, 1.82) is 0 Å². The van der Waals surface area contributed by atoms with E-state index >= 15 is 0 Å². The lowest BCUT2D eigenvalue weighted by molar-refractivity contribution is 1.18. The molecule has 234 valence electrons. The van der Waals surface area contributed by atoms with Gasteiger partial charge in [0.2, 0.25) is 0 Å². The van der Waals surface area contributed by atoms with Crippen LogP contribution in [0.1, 0.15) is 0 Å². The summed E-state index contributed by atoms with van der Waals surface area (Å²) in [6.45, 7) is 0. The summed E-state index contributed by atoms with van der Waals surface area (Å²) in [4.78, 5) is 0. The van der Waals surface area contributed by atoms with E-state index in [2.05, 4.69) is 180 Å². The molecule has 10 aromatic carbocycles. The summed E-state index contributed by atoms with van der Waals surface area (Å²) in [6.07, 6.45) is 0. The van der Waals surface area contributed by atoms with Gasteiger partial charge in [0.15, 0.2) is 0 Å². The summed E-state index contributed by atoms with van der Waals surface area (Å²) >= 11 is 0. The summed E-state index contributed by atoms with van der Waals surface area (Å²) in [5, 5.41) is 13.1. The number of nitrogens with zero attached hydrogens (tertiary/aromatic N) is 1. The molecule has 12 rings (SSSR count). The van der Waals surface area contributed by atoms with E-state index in [0.717, 1.165) is 5.69 Å². The maximum absolute atomic E-state index is 2.46. The van der Waals surface area contributed by atoms with Gasteiger partial charge in [0.05, 0.1) is 11.0 Å².